The number of aromatic nitrogens is 1. The standard InChI is InChI=1S/C39H58N6O7S/c1-9-24(4)32(42-34(47)29-17-13-14-18-44(29)7)36(48)45(8)30(23(2)3)19-31(52-38(51)40-6)35-41-28(22-53-35)33(46)43-39(20-25(5)37(49)50)21-27(39)26-15-11-10-12-16-26/h10-12,15-16,22-25,27,29-32H,9,13-14,17-21H2,1-8H3,(H,40,51)(H,42,47)(H,43,46)(H,49,50)/t24-,25-,27?,29+,30+,31+,32-,39?/m0/s1. The minimum atomic E-state index is -0.930. The lowest BCUT2D eigenvalue weighted by molar-refractivity contribution is -0.141. The van der Waals surface area contributed by atoms with Gasteiger partial charge in [-0.3, -0.25) is 24.1 Å². The van der Waals surface area contributed by atoms with Gasteiger partial charge in [0.25, 0.3) is 5.91 Å². The van der Waals surface area contributed by atoms with Gasteiger partial charge in [-0.15, -0.1) is 11.3 Å². The van der Waals surface area contributed by atoms with Crippen molar-refractivity contribution in [2.45, 2.75) is 115 Å². The van der Waals surface area contributed by atoms with Crippen LogP contribution < -0.4 is 16.0 Å². The minimum absolute atomic E-state index is 0.0376. The van der Waals surface area contributed by atoms with Crippen molar-refractivity contribution in [2.75, 3.05) is 27.7 Å². The fourth-order valence-corrected chi connectivity index (χ4v) is 8.35. The van der Waals surface area contributed by atoms with Crippen molar-refractivity contribution in [2.24, 2.45) is 17.8 Å². The fourth-order valence-electron chi connectivity index (χ4n) is 7.51. The van der Waals surface area contributed by atoms with Crippen molar-refractivity contribution in [3.63, 3.8) is 0 Å². The Kier molecular flexibility index (Phi) is 14.4. The molecule has 1 aliphatic heterocycles. The first-order valence-electron chi connectivity index (χ1n) is 18.8. The molecule has 2 aliphatic rings. The lowest BCUT2D eigenvalue weighted by Crippen LogP contribution is -2.58. The smallest absolute Gasteiger partial charge is 0.407 e. The summed E-state index contributed by atoms with van der Waals surface area (Å²) in [7, 11) is 5.11. The zero-order chi connectivity index (χ0) is 39.0. The van der Waals surface area contributed by atoms with Crippen LogP contribution in [0, 0.1) is 17.8 Å². The SMILES string of the molecule is CC[C@H](C)[C@H](NC(=O)[C@H]1CCCCN1C)C(=O)N(C)[C@H](C[C@@H](OC(=O)NC)c1nc(C(=O)NC2(C[C@H](C)C(=O)O)CC2c2ccccc2)cs1)C(C)C. The Bertz CT molecular complexity index is 1590. The maximum absolute atomic E-state index is 14.2. The van der Waals surface area contributed by atoms with Gasteiger partial charge in [-0.2, -0.15) is 0 Å². The molecule has 1 saturated carbocycles. The van der Waals surface area contributed by atoms with Crippen LogP contribution in [0.25, 0.3) is 0 Å². The molecule has 1 aromatic carbocycles. The number of carboxylic acid groups (broad SMARTS) is 1. The topological polar surface area (TPSA) is 170 Å². The molecule has 53 heavy (non-hydrogen) atoms. The highest BCUT2D eigenvalue weighted by Crippen LogP contribution is 2.55. The minimum Gasteiger partial charge on any atom is -0.481 e. The number of amides is 4. The van der Waals surface area contributed by atoms with E-state index in [2.05, 4.69) is 20.9 Å². The van der Waals surface area contributed by atoms with E-state index in [4.69, 9.17) is 4.74 Å². The van der Waals surface area contributed by atoms with Crippen LogP contribution in [0.15, 0.2) is 35.7 Å². The molecule has 8 atom stereocenters. The van der Waals surface area contributed by atoms with Crippen LogP contribution in [0.1, 0.15) is 113 Å². The lowest BCUT2D eigenvalue weighted by Gasteiger charge is -2.38. The summed E-state index contributed by atoms with van der Waals surface area (Å²) >= 11 is 1.18. The number of ether oxygens (including phenoxy) is 1. The zero-order valence-corrected chi connectivity index (χ0v) is 33.2. The summed E-state index contributed by atoms with van der Waals surface area (Å²) in [5, 5.41) is 20.4. The Morgan fingerprint density at radius 2 is 1.81 bits per heavy atom. The molecule has 4 N–H and O–H groups in total. The molecule has 4 amide bonds. The summed E-state index contributed by atoms with van der Waals surface area (Å²) in [6, 6.07) is 8.28. The number of thiazole rings is 1. The summed E-state index contributed by atoms with van der Waals surface area (Å²) in [5.74, 6) is -2.63. The number of hydrogen-bond acceptors (Lipinski definition) is 9. The number of likely N-dealkylation sites (tertiary alicyclic amines) is 1. The first kappa shape index (κ1) is 41.7. The number of carbonyl (C=O) groups excluding carboxylic acids is 4. The second-order valence-electron chi connectivity index (χ2n) is 15.3. The molecule has 2 unspecified atom stereocenters. The molecular formula is C39H58N6O7S. The van der Waals surface area contributed by atoms with Gasteiger partial charge in [0.1, 0.15) is 16.7 Å². The number of rotatable bonds is 17. The number of benzene rings is 1. The molecule has 2 aromatic rings. The molecule has 4 rings (SSSR count). The molecule has 292 valence electrons. The molecule has 0 spiro atoms. The van der Waals surface area contributed by atoms with Crippen molar-refractivity contribution in [3.8, 4) is 0 Å². The van der Waals surface area contributed by atoms with Crippen molar-refractivity contribution in [1.29, 1.82) is 0 Å². The molecule has 2 heterocycles. The van der Waals surface area contributed by atoms with Crippen LogP contribution in [-0.2, 0) is 19.1 Å². The largest absolute Gasteiger partial charge is 0.481 e. The van der Waals surface area contributed by atoms with Gasteiger partial charge in [-0.25, -0.2) is 9.78 Å². The van der Waals surface area contributed by atoms with Gasteiger partial charge in [0.05, 0.1) is 12.0 Å². The van der Waals surface area contributed by atoms with E-state index >= 15 is 0 Å². The monoisotopic (exact) mass is 754 g/mol. The van der Waals surface area contributed by atoms with Crippen molar-refractivity contribution < 1.29 is 33.8 Å². The Labute approximate surface area is 317 Å². The number of piperidine rings is 1. The van der Waals surface area contributed by atoms with Gasteiger partial charge < -0.3 is 30.7 Å². The number of aliphatic carboxylic acids is 1. The van der Waals surface area contributed by atoms with E-state index in [1.54, 1.807) is 24.3 Å². The number of alkyl carbamates (subject to hydrolysis) is 1. The predicted octanol–water partition coefficient (Wildman–Crippen LogP) is 5.20. The highest BCUT2D eigenvalue weighted by Gasteiger charge is 2.57. The first-order chi connectivity index (χ1) is 25.1. The summed E-state index contributed by atoms with van der Waals surface area (Å²) in [5.41, 5.74) is 0.422. The van der Waals surface area contributed by atoms with Crippen molar-refractivity contribution in [1.82, 2.24) is 30.7 Å². The molecule has 1 aromatic heterocycles. The third-order valence-electron chi connectivity index (χ3n) is 11.1. The van der Waals surface area contributed by atoms with Gasteiger partial charge in [0.2, 0.25) is 11.8 Å². The number of carbonyl (C=O) groups is 5. The van der Waals surface area contributed by atoms with E-state index in [0.717, 1.165) is 31.4 Å². The van der Waals surface area contributed by atoms with Gasteiger partial charge in [-0.05, 0) is 56.7 Å². The van der Waals surface area contributed by atoms with Gasteiger partial charge in [0.15, 0.2) is 6.10 Å². The molecule has 14 heteroatoms. The second kappa shape index (κ2) is 18.3. The second-order valence-corrected chi connectivity index (χ2v) is 16.2. The van der Waals surface area contributed by atoms with Crippen molar-refractivity contribution in [3.05, 3.63) is 52.0 Å². The van der Waals surface area contributed by atoms with E-state index in [1.165, 1.54) is 18.4 Å². The molecular weight excluding hydrogens is 697 g/mol. The Balaban J connectivity index is 1.55. The van der Waals surface area contributed by atoms with Gasteiger partial charge >= 0.3 is 12.1 Å². The Hall–Kier alpha value is -4.04. The van der Waals surface area contributed by atoms with Crippen molar-refractivity contribution >= 4 is 41.1 Å². The van der Waals surface area contributed by atoms with E-state index in [-0.39, 0.29) is 54.1 Å². The number of hydrogen-bond donors (Lipinski definition) is 4. The predicted molar refractivity (Wildman–Crippen MR) is 203 cm³/mol. The highest BCUT2D eigenvalue weighted by atomic mass is 32.1. The van der Waals surface area contributed by atoms with E-state index < -0.39 is 47.6 Å². The number of nitrogens with zero attached hydrogens (tertiary/aromatic N) is 3. The van der Waals surface area contributed by atoms with Crippen LogP contribution in [0.5, 0.6) is 0 Å². The average Bonchev–Trinajstić information content (AvgIpc) is 3.59. The third-order valence-corrected chi connectivity index (χ3v) is 12.1. The van der Waals surface area contributed by atoms with Gasteiger partial charge in [-0.1, -0.05) is 77.8 Å². The van der Waals surface area contributed by atoms with Crippen LogP contribution in [0.4, 0.5) is 4.79 Å². The van der Waals surface area contributed by atoms with Crippen LogP contribution in [0.3, 0.4) is 0 Å². The quantitative estimate of drug-likeness (QED) is 0.170. The normalized spacial score (nSPS) is 22.8. The maximum Gasteiger partial charge on any atom is 0.407 e. The zero-order valence-electron chi connectivity index (χ0n) is 32.4. The summed E-state index contributed by atoms with van der Waals surface area (Å²) in [6.45, 7) is 10.4. The van der Waals surface area contributed by atoms with Gasteiger partial charge in [0, 0.05) is 43.4 Å². The highest BCUT2D eigenvalue weighted by molar-refractivity contribution is 7.09. The lowest BCUT2D eigenvalue weighted by atomic mass is 9.92. The maximum atomic E-state index is 14.2. The molecule has 2 fully saturated rings. The molecule has 0 radical (unpaired) electrons. The molecule has 0 bridgehead atoms. The molecule has 1 saturated heterocycles. The Morgan fingerprint density at radius 3 is 2.42 bits per heavy atom. The van der Waals surface area contributed by atoms with E-state index in [1.807, 2.05) is 70.0 Å². The van der Waals surface area contributed by atoms with Crippen LogP contribution >= 0.6 is 11.3 Å². The fraction of sp³-hybridized carbons (Fsp3) is 0.641. The third kappa shape index (κ3) is 10.3. The Morgan fingerprint density at radius 1 is 1.11 bits per heavy atom. The van der Waals surface area contributed by atoms with E-state index in [9.17, 15) is 29.1 Å². The van der Waals surface area contributed by atoms with Crippen LogP contribution in [-0.4, -0.2) is 101 Å². The molecule has 1 aliphatic carbocycles. The number of nitrogens with one attached hydrogen (secondary N) is 3. The summed E-state index contributed by atoms with van der Waals surface area (Å²) in [4.78, 5) is 74.2. The summed E-state index contributed by atoms with van der Waals surface area (Å²) < 4.78 is 5.83. The number of likely N-dealkylation sites (N-methyl/N-ethyl adjacent to an activating group) is 2. The molecule has 13 nitrogen and oxygen atoms in total. The summed E-state index contributed by atoms with van der Waals surface area (Å²) in [6.07, 6.45) is 2.93. The van der Waals surface area contributed by atoms with Crippen LogP contribution in [0.2, 0.25) is 0 Å². The number of carboxylic acids is 1. The first-order valence-corrected chi connectivity index (χ1v) is 19.7. The van der Waals surface area contributed by atoms with E-state index in [0.29, 0.717) is 17.8 Å². The average molecular weight is 755 g/mol.